The van der Waals surface area contributed by atoms with E-state index in [0.717, 1.165) is 24.5 Å². The third-order valence-corrected chi connectivity index (χ3v) is 4.55. The Morgan fingerprint density at radius 3 is 2.65 bits per heavy atom. The molecule has 0 saturated heterocycles. The molecule has 0 radical (unpaired) electrons. The van der Waals surface area contributed by atoms with Crippen molar-refractivity contribution in [2.75, 3.05) is 23.9 Å². The van der Waals surface area contributed by atoms with Gasteiger partial charge in [-0.1, -0.05) is 6.92 Å². The fraction of sp³-hybridized carbons (Fsp3) is 0.769. The van der Waals surface area contributed by atoms with E-state index in [-0.39, 0.29) is 5.95 Å². The lowest BCUT2D eigenvalue weighted by Crippen LogP contribution is -2.28. The Kier molecular flexibility index (Phi) is 5.70. The van der Waals surface area contributed by atoms with E-state index in [1.165, 1.54) is 12.8 Å². The number of nitrogens with zero attached hydrogens (tertiary/aromatic N) is 3. The monoisotopic (exact) mass is 297 g/mol. The highest BCUT2D eigenvalue weighted by Gasteiger charge is 2.21. The number of thioether (sulfide) groups is 1. The van der Waals surface area contributed by atoms with Crippen molar-refractivity contribution in [1.29, 1.82) is 0 Å². The Balaban J connectivity index is 1.93. The van der Waals surface area contributed by atoms with Crippen molar-refractivity contribution in [3.8, 4) is 6.01 Å². The molecule has 1 aromatic heterocycles. The molecule has 1 saturated carbocycles. The maximum atomic E-state index is 5.69. The maximum Gasteiger partial charge on any atom is 0.323 e. The van der Waals surface area contributed by atoms with Gasteiger partial charge in [-0.3, -0.25) is 0 Å². The van der Waals surface area contributed by atoms with Crippen LogP contribution in [0.1, 0.15) is 39.0 Å². The first-order valence-electron chi connectivity index (χ1n) is 7.15. The third kappa shape index (κ3) is 4.40. The molecule has 20 heavy (non-hydrogen) atoms. The number of anilines is 2. The molecule has 1 aliphatic carbocycles. The predicted molar refractivity (Wildman–Crippen MR) is 83.2 cm³/mol. The number of ether oxygens (including phenoxy) is 1. The number of aromatic nitrogens is 3. The van der Waals surface area contributed by atoms with E-state index in [9.17, 15) is 0 Å². The summed E-state index contributed by atoms with van der Waals surface area (Å²) in [5.41, 5.74) is 5.69. The highest BCUT2D eigenvalue weighted by molar-refractivity contribution is 7.99. The van der Waals surface area contributed by atoms with Crippen LogP contribution >= 0.6 is 11.8 Å². The molecule has 1 aromatic rings. The van der Waals surface area contributed by atoms with Gasteiger partial charge in [0, 0.05) is 11.3 Å². The lowest BCUT2D eigenvalue weighted by Gasteiger charge is -2.27. The van der Waals surface area contributed by atoms with Crippen LogP contribution in [0.2, 0.25) is 0 Å². The van der Waals surface area contributed by atoms with Gasteiger partial charge in [-0.05, 0) is 38.4 Å². The van der Waals surface area contributed by atoms with Crippen LogP contribution in [0.15, 0.2) is 0 Å². The maximum absolute atomic E-state index is 5.69. The Morgan fingerprint density at radius 1 is 1.25 bits per heavy atom. The van der Waals surface area contributed by atoms with Crippen molar-refractivity contribution < 1.29 is 4.74 Å². The first-order valence-corrected chi connectivity index (χ1v) is 8.43. The quantitative estimate of drug-likeness (QED) is 0.833. The number of nitrogen functional groups attached to an aromatic ring is 1. The van der Waals surface area contributed by atoms with Crippen LogP contribution in [0.25, 0.3) is 0 Å². The van der Waals surface area contributed by atoms with E-state index in [4.69, 9.17) is 10.5 Å². The fourth-order valence-electron chi connectivity index (χ4n) is 2.32. The van der Waals surface area contributed by atoms with Crippen LogP contribution in [-0.2, 0) is 0 Å². The summed E-state index contributed by atoms with van der Waals surface area (Å²) < 4.78 is 5.41. The van der Waals surface area contributed by atoms with Gasteiger partial charge >= 0.3 is 6.01 Å². The van der Waals surface area contributed by atoms with Gasteiger partial charge in [0.05, 0.1) is 6.61 Å². The molecule has 1 heterocycles. The minimum Gasteiger partial charge on any atom is -0.463 e. The lowest BCUT2D eigenvalue weighted by atomic mass is 9.95. The van der Waals surface area contributed by atoms with Crippen molar-refractivity contribution >= 4 is 23.7 Å². The van der Waals surface area contributed by atoms with Crippen molar-refractivity contribution in [1.82, 2.24) is 15.0 Å². The average Bonchev–Trinajstić information content (AvgIpc) is 2.45. The second-order valence-electron chi connectivity index (χ2n) is 5.00. The number of nitrogens with two attached hydrogens (primary N) is 1. The molecule has 7 heteroatoms. The summed E-state index contributed by atoms with van der Waals surface area (Å²) in [6.45, 7) is 2.62. The van der Waals surface area contributed by atoms with Gasteiger partial charge in [0.15, 0.2) is 0 Å². The fourth-order valence-corrected chi connectivity index (χ4v) is 3.06. The van der Waals surface area contributed by atoms with Gasteiger partial charge in [0.2, 0.25) is 11.9 Å². The van der Waals surface area contributed by atoms with Crippen LogP contribution in [0, 0.1) is 0 Å². The predicted octanol–water partition coefficient (Wildman–Crippen LogP) is 2.33. The summed E-state index contributed by atoms with van der Waals surface area (Å²) >= 11 is 1.96. The van der Waals surface area contributed by atoms with E-state index in [1.807, 2.05) is 18.7 Å². The molecule has 112 valence electrons. The minimum absolute atomic E-state index is 0.200. The lowest BCUT2D eigenvalue weighted by molar-refractivity contribution is 0.292. The van der Waals surface area contributed by atoms with Gasteiger partial charge in [-0.2, -0.15) is 26.7 Å². The van der Waals surface area contributed by atoms with E-state index in [1.54, 1.807) is 0 Å². The summed E-state index contributed by atoms with van der Waals surface area (Å²) in [5.74, 6) is 0.725. The third-order valence-electron chi connectivity index (χ3n) is 3.41. The van der Waals surface area contributed by atoms with E-state index in [0.29, 0.717) is 24.6 Å². The molecule has 0 aromatic carbocycles. The van der Waals surface area contributed by atoms with Crippen LogP contribution in [0.3, 0.4) is 0 Å². The highest BCUT2D eigenvalue weighted by atomic mass is 32.2. The molecule has 6 nitrogen and oxygen atoms in total. The van der Waals surface area contributed by atoms with E-state index in [2.05, 4.69) is 26.5 Å². The Bertz CT molecular complexity index is 423. The van der Waals surface area contributed by atoms with Crippen molar-refractivity contribution in [3.05, 3.63) is 0 Å². The first kappa shape index (κ1) is 15.2. The molecule has 0 amide bonds. The average molecular weight is 297 g/mol. The molecule has 0 aliphatic heterocycles. The molecule has 1 fully saturated rings. The Hall–Kier alpha value is -1.24. The zero-order valence-electron chi connectivity index (χ0n) is 12.1. The summed E-state index contributed by atoms with van der Waals surface area (Å²) in [7, 11) is 0. The second-order valence-corrected chi connectivity index (χ2v) is 6.14. The molecular formula is C13H23N5OS. The summed E-state index contributed by atoms with van der Waals surface area (Å²) in [6, 6.07) is 0.721. The Labute approximate surface area is 124 Å². The molecule has 1 aliphatic rings. The smallest absolute Gasteiger partial charge is 0.323 e. The van der Waals surface area contributed by atoms with E-state index < -0.39 is 0 Å². The first-order chi connectivity index (χ1) is 9.71. The molecule has 0 bridgehead atoms. The minimum atomic E-state index is 0.200. The van der Waals surface area contributed by atoms with Gasteiger partial charge in [-0.25, -0.2) is 0 Å². The molecule has 0 spiro atoms. The SMILES string of the molecule is CCCOc1nc(N)nc(NC2CCC(SC)CC2)n1. The molecule has 0 atom stereocenters. The number of hydrogen-bond acceptors (Lipinski definition) is 7. The second kappa shape index (κ2) is 7.52. The standard InChI is InChI=1S/C13H23N5OS/c1-3-8-19-13-17-11(14)16-12(18-13)15-9-4-6-10(20-2)7-5-9/h9-10H,3-8H2,1-2H3,(H3,14,15,16,17,18). The van der Waals surface area contributed by atoms with Crippen molar-refractivity contribution in [2.24, 2.45) is 0 Å². The largest absolute Gasteiger partial charge is 0.463 e. The van der Waals surface area contributed by atoms with Crippen molar-refractivity contribution in [2.45, 2.75) is 50.3 Å². The van der Waals surface area contributed by atoms with Gasteiger partial charge in [-0.15, -0.1) is 0 Å². The zero-order chi connectivity index (χ0) is 14.4. The van der Waals surface area contributed by atoms with Gasteiger partial charge in [0.1, 0.15) is 0 Å². The van der Waals surface area contributed by atoms with Gasteiger partial charge in [0.25, 0.3) is 0 Å². The molecule has 2 rings (SSSR count). The normalized spacial score (nSPS) is 22.5. The molecular weight excluding hydrogens is 274 g/mol. The number of nitrogens with one attached hydrogen (secondary N) is 1. The zero-order valence-corrected chi connectivity index (χ0v) is 12.9. The van der Waals surface area contributed by atoms with Gasteiger partial charge < -0.3 is 15.8 Å². The summed E-state index contributed by atoms with van der Waals surface area (Å²) in [6.07, 6.45) is 7.84. The van der Waals surface area contributed by atoms with Crippen LogP contribution in [0.5, 0.6) is 6.01 Å². The highest BCUT2D eigenvalue weighted by Crippen LogP contribution is 2.28. The topological polar surface area (TPSA) is 86.0 Å². The Morgan fingerprint density at radius 2 is 2.00 bits per heavy atom. The van der Waals surface area contributed by atoms with Crippen LogP contribution < -0.4 is 15.8 Å². The molecule has 0 unspecified atom stereocenters. The summed E-state index contributed by atoms with van der Waals surface area (Å²) in [4.78, 5) is 12.4. The summed E-state index contributed by atoms with van der Waals surface area (Å²) in [5, 5.41) is 4.14. The van der Waals surface area contributed by atoms with Crippen molar-refractivity contribution in [3.63, 3.8) is 0 Å². The van der Waals surface area contributed by atoms with E-state index >= 15 is 0 Å². The van der Waals surface area contributed by atoms with Crippen LogP contribution in [0.4, 0.5) is 11.9 Å². The number of hydrogen-bond donors (Lipinski definition) is 2. The number of rotatable bonds is 6. The van der Waals surface area contributed by atoms with Crippen LogP contribution in [-0.4, -0.2) is 39.1 Å². The molecule has 3 N–H and O–H groups in total.